The van der Waals surface area contributed by atoms with Gasteiger partial charge >= 0.3 is 5.97 Å². The van der Waals surface area contributed by atoms with Crippen molar-refractivity contribution in [3.8, 4) is 0 Å². The molecule has 0 amide bonds. The summed E-state index contributed by atoms with van der Waals surface area (Å²) >= 11 is 0. The molecule has 0 fully saturated rings. The fraction of sp³-hybridized carbons (Fsp3) is 0.722. The molecule has 1 atom stereocenters. The highest BCUT2D eigenvalue weighted by atomic mass is 16.4. The number of aliphatic carboxylic acids is 1. The first-order chi connectivity index (χ1) is 10.2. The van der Waals surface area contributed by atoms with Crippen LogP contribution < -0.4 is 0 Å². The zero-order valence-electron chi connectivity index (χ0n) is 13.5. The van der Waals surface area contributed by atoms with Crippen LogP contribution in [0.3, 0.4) is 0 Å². The molecular formula is C18H32O3. The van der Waals surface area contributed by atoms with Gasteiger partial charge in [0.05, 0.1) is 6.10 Å². The maximum atomic E-state index is 10.3. The third kappa shape index (κ3) is 16.9. The fourth-order valence-electron chi connectivity index (χ4n) is 2.14. The molecule has 3 heteroatoms. The van der Waals surface area contributed by atoms with Gasteiger partial charge in [0.1, 0.15) is 0 Å². The average Bonchev–Trinajstić information content (AvgIpc) is 2.45. The summed E-state index contributed by atoms with van der Waals surface area (Å²) in [5.74, 6) is -0.710. The molecule has 0 radical (unpaired) electrons. The highest BCUT2D eigenvalue weighted by Crippen LogP contribution is 2.09. The molecule has 122 valence electrons. The Labute approximate surface area is 129 Å². The second kappa shape index (κ2) is 15.3. The van der Waals surface area contributed by atoms with E-state index in [9.17, 15) is 9.90 Å². The van der Waals surface area contributed by atoms with Crippen LogP contribution in [0.1, 0.15) is 77.6 Å². The van der Waals surface area contributed by atoms with Crippen LogP contribution in [-0.2, 0) is 4.79 Å². The second-order valence-electron chi connectivity index (χ2n) is 5.58. The fourth-order valence-corrected chi connectivity index (χ4v) is 2.14. The molecule has 0 rings (SSSR count). The van der Waals surface area contributed by atoms with Gasteiger partial charge < -0.3 is 10.2 Å². The molecule has 0 aromatic carbocycles. The zero-order valence-corrected chi connectivity index (χ0v) is 13.5. The van der Waals surface area contributed by atoms with Crippen LogP contribution in [0.15, 0.2) is 24.3 Å². The highest BCUT2D eigenvalue weighted by molar-refractivity contribution is 5.66. The van der Waals surface area contributed by atoms with Gasteiger partial charge in [0, 0.05) is 6.42 Å². The third-order valence-corrected chi connectivity index (χ3v) is 3.45. The Kier molecular flexibility index (Phi) is 14.5. The molecule has 0 aromatic rings. The predicted octanol–water partition coefficient (Wildman–Crippen LogP) is 4.86. The third-order valence-electron chi connectivity index (χ3n) is 3.45. The Morgan fingerprint density at radius 3 is 2.43 bits per heavy atom. The minimum Gasteiger partial charge on any atom is -0.481 e. The largest absolute Gasteiger partial charge is 0.481 e. The maximum absolute atomic E-state index is 10.3. The second-order valence-corrected chi connectivity index (χ2v) is 5.58. The molecular weight excluding hydrogens is 264 g/mol. The van der Waals surface area contributed by atoms with E-state index < -0.39 is 5.97 Å². The van der Waals surface area contributed by atoms with Crippen LogP contribution in [0.25, 0.3) is 0 Å². The van der Waals surface area contributed by atoms with Gasteiger partial charge in [0.15, 0.2) is 0 Å². The Bertz CT molecular complexity index is 295. The van der Waals surface area contributed by atoms with Crippen LogP contribution >= 0.6 is 0 Å². The summed E-state index contributed by atoms with van der Waals surface area (Å²) in [5.41, 5.74) is 0. The summed E-state index contributed by atoms with van der Waals surface area (Å²) in [6.45, 7) is 2.20. The van der Waals surface area contributed by atoms with E-state index in [0.717, 1.165) is 44.9 Å². The van der Waals surface area contributed by atoms with E-state index in [2.05, 4.69) is 13.0 Å². The number of allylic oxidation sites excluding steroid dienone is 3. The van der Waals surface area contributed by atoms with Crippen molar-refractivity contribution in [2.75, 3.05) is 0 Å². The molecule has 3 nitrogen and oxygen atoms in total. The summed E-state index contributed by atoms with van der Waals surface area (Å²) < 4.78 is 0. The number of unbranched alkanes of at least 4 members (excludes halogenated alkanes) is 7. The summed E-state index contributed by atoms with van der Waals surface area (Å²) in [6, 6.07) is 0. The summed E-state index contributed by atoms with van der Waals surface area (Å²) in [7, 11) is 0. The van der Waals surface area contributed by atoms with E-state index in [1.54, 1.807) is 0 Å². The summed E-state index contributed by atoms with van der Waals surface area (Å²) in [4.78, 5) is 10.3. The van der Waals surface area contributed by atoms with Crippen molar-refractivity contribution in [2.24, 2.45) is 0 Å². The number of hydrogen-bond donors (Lipinski definition) is 2. The van der Waals surface area contributed by atoms with Gasteiger partial charge in [-0.3, -0.25) is 4.79 Å². The Morgan fingerprint density at radius 1 is 1.00 bits per heavy atom. The number of aliphatic hydroxyl groups is 1. The molecule has 0 spiro atoms. The van der Waals surface area contributed by atoms with Crippen molar-refractivity contribution in [3.63, 3.8) is 0 Å². The van der Waals surface area contributed by atoms with Gasteiger partial charge in [-0.2, -0.15) is 0 Å². The first-order valence-corrected chi connectivity index (χ1v) is 8.40. The molecule has 2 N–H and O–H groups in total. The lowest BCUT2D eigenvalue weighted by Gasteiger charge is -2.04. The number of carboxylic acid groups (broad SMARTS) is 1. The molecule has 21 heavy (non-hydrogen) atoms. The predicted molar refractivity (Wildman–Crippen MR) is 88.4 cm³/mol. The van der Waals surface area contributed by atoms with Gasteiger partial charge in [-0.15, -0.1) is 0 Å². The van der Waals surface area contributed by atoms with Crippen LogP contribution in [0, 0.1) is 0 Å². The minimum absolute atomic E-state index is 0.274. The molecule has 0 aromatic heterocycles. The Hall–Kier alpha value is -1.09. The number of hydrogen-bond acceptors (Lipinski definition) is 2. The van der Waals surface area contributed by atoms with E-state index in [1.165, 1.54) is 19.3 Å². The lowest BCUT2D eigenvalue weighted by Crippen LogP contribution is -2.01. The van der Waals surface area contributed by atoms with E-state index in [4.69, 9.17) is 5.11 Å². The zero-order chi connectivity index (χ0) is 15.8. The van der Waals surface area contributed by atoms with Crippen LogP contribution in [0.4, 0.5) is 0 Å². The van der Waals surface area contributed by atoms with Crippen LogP contribution in [-0.4, -0.2) is 22.3 Å². The molecule has 0 saturated carbocycles. The van der Waals surface area contributed by atoms with Gasteiger partial charge in [-0.25, -0.2) is 0 Å². The summed E-state index contributed by atoms with van der Waals surface area (Å²) in [6.07, 6.45) is 18.4. The van der Waals surface area contributed by atoms with Crippen molar-refractivity contribution in [2.45, 2.75) is 83.7 Å². The van der Waals surface area contributed by atoms with E-state index in [0.29, 0.717) is 0 Å². The van der Waals surface area contributed by atoms with Gasteiger partial charge in [-0.05, 0) is 25.7 Å². The van der Waals surface area contributed by atoms with Crippen molar-refractivity contribution in [1.82, 2.24) is 0 Å². The lowest BCUT2D eigenvalue weighted by molar-refractivity contribution is -0.137. The van der Waals surface area contributed by atoms with Crippen LogP contribution in [0.5, 0.6) is 0 Å². The van der Waals surface area contributed by atoms with Crippen LogP contribution in [0.2, 0.25) is 0 Å². The normalized spacial score (nSPS) is 13.2. The SMILES string of the molecule is CCCCC/C=C/C=C\[C@@H](O)CCCCCCCC(=O)O. The molecule has 0 aliphatic heterocycles. The van der Waals surface area contributed by atoms with E-state index in [1.807, 2.05) is 18.2 Å². The molecule has 0 bridgehead atoms. The Morgan fingerprint density at radius 2 is 1.71 bits per heavy atom. The number of carbonyl (C=O) groups is 1. The monoisotopic (exact) mass is 296 g/mol. The molecule has 0 aliphatic carbocycles. The van der Waals surface area contributed by atoms with Crippen molar-refractivity contribution in [1.29, 1.82) is 0 Å². The molecule has 0 heterocycles. The quantitative estimate of drug-likeness (QED) is 0.355. The number of aliphatic hydroxyl groups excluding tert-OH is 1. The molecule has 0 unspecified atom stereocenters. The number of carboxylic acids is 1. The smallest absolute Gasteiger partial charge is 0.303 e. The topological polar surface area (TPSA) is 57.5 Å². The Balaban J connectivity index is 3.40. The minimum atomic E-state index is -0.710. The average molecular weight is 296 g/mol. The summed E-state index contributed by atoms with van der Waals surface area (Å²) in [5, 5.41) is 18.3. The van der Waals surface area contributed by atoms with Crippen molar-refractivity contribution >= 4 is 5.97 Å². The maximum Gasteiger partial charge on any atom is 0.303 e. The lowest BCUT2D eigenvalue weighted by atomic mass is 10.1. The van der Waals surface area contributed by atoms with Crippen molar-refractivity contribution < 1.29 is 15.0 Å². The van der Waals surface area contributed by atoms with Gasteiger partial charge in [0.25, 0.3) is 0 Å². The van der Waals surface area contributed by atoms with Crippen molar-refractivity contribution in [3.05, 3.63) is 24.3 Å². The van der Waals surface area contributed by atoms with E-state index in [-0.39, 0.29) is 12.5 Å². The standard InChI is InChI=1S/C18H32O3/c1-2-3-4-5-6-8-11-14-17(19)15-12-9-7-10-13-16-18(20)21/h6,8,11,14,17,19H,2-5,7,9-10,12-13,15-16H2,1H3,(H,20,21)/b8-6+,14-11-/t17-/m1/s1. The first kappa shape index (κ1) is 19.9. The van der Waals surface area contributed by atoms with Gasteiger partial charge in [-0.1, -0.05) is 69.8 Å². The first-order valence-electron chi connectivity index (χ1n) is 8.40. The van der Waals surface area contributed by atoms with E-state index >= 15 is 0 Å². The molecule has 0 aliphatic rings. The highest BCUT2D eigenvalue weighted by Gasteiger charge is 1.99. The molecule has 0 saturated heterocycles. The van der Waals surface area contributed by atoms with Gasteiger partial charge in [0.2, 0.25) is 0 Å². The number of rotatable bonds is 14.